The molecule has 0 aromatic heterocycles. The Hall–Kier alpha value is -1.32. The number of nitrogens with one attached hydrogen (secondary N) is 1. The molecule has 1 aliphatic heterocycles. The van der Waals surface area contributed by atoms with Crippen molar-refractivity contribution in [1.29, 1.82) is 0 Å². The molecule has 1 heterocycles. The van der Waals surface area contributed by atoms with Gasteiger partial charge in [0.15, 0.2) is 0 Å². The third-order valence-corrected chi connectivity index (χ3v) is 4.39. The number of para-hydroxylation sites is 1. The average Bonchev–Trinajstić information content (AvgIpc) is 2.95. The summed E-state index contributed by atoms with van der Waals surface area (Å²) in [5, 5.41) is 3.60. The third-order valence-electron chi connectivity index (χ3n) is 3.90. The van der Waals surface area contributed by atoms with Crippen molar-refractivity contribution in [1.82, 2.24) is 5.32 Å². The van der Waals surface area contributed by atoms with Crippen molar-refractivity contribution in [2.75, 3.05) is 13.2 Å². The molecule has 1 atom stereocenters. The number of hydrogen-bond acceptors (Lipinski definition) is 2. The molecule has 0 amide bonds. The Labute approximate surface area is 134 Å². The maximum absolute atomic E-state index is 5.87. The van der Waals surface area contributed by atoms with E-state index in [0.717, 1.165) is 36.2 Å². The van der Waals surface area contributed by atoms with Gasteiger partial charge in [-0.15, -0.1) is 0 Å². The molecule has 3 heteroatoms. The van der Waals surface area contributed by atoms with E-state index in [1.807, 2.05) is 0 Å². The first-order valence-corrected chi connectivity index (χ1v) is 8.29. The molecule has 0 bridgehead atoms. The fourth-order valence-electron chi connectivity index (χ4n) is 2.95. The van der Waals surface area contributed by atoms with Crippen LogP contribution in [0.2, 0.25) is 0 Å². The van der Waals surface area contributed by atoms with Gasteiger partial charge in [-0.05, 0) is 36.2 Å². The van der Waals surface area contributed by atoms with Crippen LogP contribution in [0.5, 0.6) is 5.75 Å². The highest BCUT2D eigenvalue weighted by atomic mass is 79.9. The number of hydrogen-bond donors (Lipinski definition) is 1. The molecule has 0 aliphatic carbocycles. The van der Waals surface area contributed by atoms with Gasteiger partial charge < -0.3 is 10.1 Å². The van der Waals surface area contributed by atoms with E-state index in [1.165, 1.54) is 16.7 Å². The Bertz CT molecular complexity index is 626. The fourth-order valence-corrected chi connectivity index (χ4v) is 3.40. The lowest BCUT2D eigenvalue weighted by Gasteiger charge is -2.21. The summed E-state index contributed by atoms with van der Waals surface area (Å²) in [6.07, 6.45) is 1.99. The van der Waals surface area contributed by atoms with E-state index in [1.54, 1.807) is 0 Å². The van der Waals surface area contributed by atoms with Crippen LogP contribution in [0.3, 0.4) is 0 Å². The molecule has 2 aromatic carbocycles. The molecule has 1 unspecified atom stereocenters. The Balaban J connectivity index is 1.90. The van der Waals surface area contributed by atoms with Crippen molar-refractivity contribution in [3.63, 3.8) is 0 Å². The lowest BCUT2D eigenvalue weighted by molar-refractivity contribution is 0.348. The minimum absolute atomic E-state index is 0.289. The largest absolute Gasteiger partial charge is 0.493 e. The second-order valence-electron chi connectivity index (χ2n) is 5.38. The van der Waals surface area contributed by atoms with Crippen LogP contribution < -0.4 is 10.1 Å². The summed E-state index contributed by atoms with van der Waals surface area (Å²) < 4.78 is 7.00. The van der Waals surface area contributed by atoms with Gasteiger partial charge in [0.05, 0.1) is 6.61 Å². The molecule has 110 valence electrons. The summed E-state index contributed by atoms with van der Waals surface area (Å²) >= 11 is 3.55. The van der Waals surface area contributed by atoms with Crippen molar-refractivity contribution in [3.05, 3.63) is 63.6 Å². The summed E-state index contributed by atoms with van der Waals surface area (Å²) in [5.41, 5.74) is 3.95. The second-order valence-corrected chi connectivity index (χ2v) is 6.29. The molecule has 0 fully saturated rings. The predicted octanol–water partition coefficient (Wildman–Crippen LogP) is 4.28. The van der Waals surface area contributed by atoms with Gasteiger partial charge in [-0.25, -0.2) is 0 Å². The van der Waals surface area contributed by atoms with Crippen molar-refractivity contribution in [2.45, 2.75) is 25.8 Å². The smallest absolute Gasteiger partial charge is 0.127 e. The van der Waals surface area contributed by atoms with Gasteiger partial charge in [0.2, 0.25) is 0 Å². The molecule has 1 N–H and O–H groups in total. The van der Waals surface area contributed by atoms with E-state index in [4.69, 9.17) is 4.74 Å². The average molecular weight is 346 g/mol. The zero-order valence-corrected chi connectivity index (χ0v) is 13.8. The normalized spacial score (nSPS) is 14.6. The summed E-state index contributed by atoms with van der Waals surface area (Å²) in [6.45, 7) is 3.91. The summed E-state index contributed by atoms with van der Waals surface area (Å²) in [5.74, 6) is 1.10. The van der Waals surface area contributed by atoms with Gasteiger partial charge in [0.1, 0.15) is 5.75 Å². The number of likely N-dealkylation sites (N-methyl/N-ethyl adjacent to an activating group) is 1. The van der Waals surface area contributed by atoms with Crippen LogP contribution in [0.15, 0.2) is 46.9 Å². The molecular weight excluding hydrogens is 326 g/mol. The van der Waals surface area contributed by atoms with E-state index >= 15 is 0 Å². The maximum atomic E-state index is 5.87. The van der Waals surface area contributed by atoms with Crippen molar-refractivity contribution in [3.8, 4) is 5.75 Å². The number of ether oxygens (including phenoxy) is 1. The van der Waals surface area contributed by atoms with Crippen molar-refractivity contribution < 1.29 is 4.74 Å². The van der Waals surface area contributed by atoms with Crippen LogP contribution in [-0.2, 0) is 12.8 Å². The lowest BCUT2D eigenvalue weighted by atomic mass is 9.96. The SMILES string of the molecule is CCNC(Cc1cccc(Br)c1)c1cccc2c1OCC2. The first-order chi connectivity index (χ1) is 10.3. The van der Waals surface area contributed by atoms with E-state index in [-0.39, 0.29) is 6.04 Å². The molecule has 2 aromatic rings. The van der Waals surface area contributed by atoms with Crippen LogP contribution in [0.25, 0.3) is 0 Å². The molecule has 2 nitrogen and oxygen atoms in total. The monoisotopic (exact) mass is 345 g/mol. The van der Waals surface area contributed by atoms with Gasteiger partial charge in [0, 0.05) is 22.5 Å². The van der Waals surface area contributed by atoms with E-state index in [9.17, 15) is 0 Å². The van der Waals surface area contributed by atoms with Crippen molar-refractivity contribution >= 4 is 15.9 Å². The van der Waals surface area contributed by atoms with Crippen LogP contribution in [0.1, 0.15) is 29.7 Å². The topological polar surface area (TPSA) is 21.3 Å². The molecule has 3 rings (SSSR count). The molecule has 0 spiro atoms. The quantitative estimate of drug-likeness (QED) is 0.873. The molecule has 0 saturated carbocycles. The standard InChI is InChI=1S/C18H20BrNO/c1-2-20-17(12-13-5-3-7-15(19)11-13)16-8-4-6-14-9-10-21-18(14)16/h3-8,11,17,20H,2,9-10,12H2,1H3. The van der Waals surface area contributed by atoms with Gasteiger partial charge >= 0.3 is 0 Å². The Morgan fingerprint density at radius 1 is 1.24 bits per heavy atom. The second kappa shape index (κ2) is 6.63. The van der Waals surface area contributed by atoms with Crippen LogP contribution in [0, 0.1) is 0 Å². The van der Waals surface area contributed by atoms with Gasteiger partial charge in [-0.1, -0.05) is 53.2 Å². The number of halogens is 1. The van der Waals surface area contributed by atoms with Crippen LogP contribution >= 0.6 is 15.9 Å². The van der Waals surface area contributed by atoms with Crippen LogP contribution in [-0.4, -0.2) is 13.2 Å². The van der Waals surface area contributed by atoms with Gasteiger partial charge in [-0.2, -0.15) is 0 Å². The summed E-state index contributed by atoms with van der Waals surface area (Å²) in [7, 11) is 0. The lowest BCUT2D eigenvalue weighted by Crippen LogP contribution is -2.23. The summed E-state index contributed by atoms with van der Waals surface area (Å²) in [4.78, 5) is 0. The maximum Gasteiger partial charge on any atom is 0.127 e. The number of fused-ring (bicyclic) bond motifs is 1. The molecule has 0 radical (unpaired) electrons. The highest BCUT2D eigenvalue weighted by Crippen LogP contribution is 2.34. The van der Waals surface area contributed by atoms with Gasteiger partial charge in [-0.3, -0.25) is 0 Å². The number of benzene rings is 2. The van der Waals surface area contributed by atoms with Crippen LogP contribution in [0.4, 0.5) is 0 Å². The first-order valence-electron chi connectivity index (χ1n) is 7.50. The predicted molar refractivity (Wildman–Crippen MR) is 89.9 cm³/mol. The molecule has 1 aliphatic rings. The fraction of sp³-hybridized carbons (Fsp3) is 0.333. The highest BCUT2D eigenvalue weighted by Gasteiger charge is 2.21. The first kappa shape index (κ1) is 14.6. The van der Waals surface area contributed by atoms with E-state index in [0.29, 0.717) is 0 Å². The Morgan fingerprint density at radius 2 is 2.10 bits per heavy atom. The summed E-state index contributed by atoms with van der Waals surface area (Å²) in [6, 6.07) is 15.3. The minimum Gasteiger partial charge on any atom is -0.493 e. The third kappa shape index (κ3) is 3.30. The van der Waals surface area contributed by atoms with Gasteiger partial charge in [0.25, 0.3) is 0 Å². The van der Waals surface area contributed by atoms with Crippen molar-refractivity contribution in [2.24, 2.45) is 0 Å². The van der Waals surface area contributed by atoms with E-state index in [2.05, 4.69) is 70.6 Å². The number of rotatable bonds is 5. The zero-order chi connectivity index (χ0) is 14.7. The highest BCUT2D eigenvalue weighted by molar-refractivity contribution is 9.10. The molecular formula is C18H20BrNO. The zero-order valence-electron chi connectivity index (χ0n) is 12.2. The van der Waals surface area contributed by atoms with E-state index < -0.39 is 0 Å². The molecule has 21 heavy (non-hydrogen) atoms. The Kier molecular flexibility index (Phi) is 4.61. The minimum atomic E-state index is 0.289. The molecule has 0 saturated heterocycles. The Morgan fingerprint density at radius 3 is 2.90 bits per heavy atom.